The molecule has 1 saturated carbocycles. The van der Waals surface area contributed by atoms with E-state index >= 15 is 4.39 Å². The molecule has 0 bridgehead atoms. The molecule has 3 aliphatic rings. The third-order valence-corrected chi connectivity index (χ3v) is 10.5. The maximum atomic E-state index is 15.8. The molecule has 5 heterocycles. The van der Waals surface area contributed by atoms with E-state index in [2.05, 4.69) is 59.9 Å². The second-order valence-electron chi connectivity index (χ2n) is 14.1. The summed E-state index contributed by atoms with van der Waals surface area (Å²) < 4.78 is 19.5. The topological polar surface area (TPSA) is 108 Å². The van der Waals surface area contributed by atoms with Gasteiger partial charge in [-0.25, -0.2) is 14.4 Å². The molecule has 1 aromatic carbocycles. The van der Waals surface area contributed by atoms with Crippen molar-refractivity contribution in [3.8, 4) is 11.3 Å². The summed E-state index contributed by atoms with van der Waals surface area (Å²) >= 11 is 0. The predicted octanol–water partition coefficient (Wildman–Crippen LogP) is 4.61. The van der Waals surface area contributed by atoms with Crippen molar-refractivity contribution in [2.24, 2.45) is 7.05 Å². The van der Waals surface area contributed by atoms with E-state index in [0.29, 0.717) is 36.1 Å². The predicted molar refractivity (Wildman–Crippen MR) is 181 cm³/mol. The van der Waals surface area contributed by atoms with Crippen LogP contribution in [-0.2, 0) is 7.05 Å². The van der Waals surface area contributed by atoms with Gasteiger partial charge >= 0.3 is 0 Å². The average molecular weight is 644 g/mol. The molecule has 4 aromatic rings. The minimum Gasteiger partial charge on any atom is -0.390 e. The first kappa shape index (κ1) is 31.7. The van der Waals surface area contributed by atoms with Crippen LogP contribution in [0.1, 0.15) is 67.5 Å². The summed E-state index contributed by atoms with van der Waals surface area (Å²) in [6, 6.07) is 8.52. The van der Waals surface area contributed by atoms with Gasteiger partial charge in [-0.1, -0.05) is 0 Å². The molecule has 1 aliphatic carbocycles. The van der Waals surface area contributed by atoms with Crippen LogP contribution in [0.25, 0.3) is 22.3 Å². The number of hydrogen-bond donors (Lipinski definition) is 2. The number of piperidine rings is 1. The highest BCUT2D eigenvalue weighted by Gasteiger charge is 2.33. The molecular weight excluding hydrogens is 597 g/mol. The van der Waals surface area contributed by atoms with Crippen LogP contribution in [0.5, 0.6) is 0 Å². The van der Waals surface area contributed by atoms with Crippen molar-refractivity contribution in [1.82, 2.24) is 34.1 Å². The molecule has 250 valence electrons. The van der Waals surface area contributed by atoms with Crippen LogP contribution in [0.4, 0.5) is 16.0 Å². The summed E-state index contributed by atoms with van der Waals surface area (Å²) in [4.78, 5) is 30.6. The Bertz CT molecular complexity index is 1760. The second-order valence-corrected chi connectivity index (χ2v) is 14.1. The van der Waals surface area contributed by atoms with Gasteiger partial charge in [-0.15, -0.1) is 0 Å². The number of imidazole rings is 1. The lowest BCUT2D eigenvalue weighted by Gasteiger charge is -2.42. The van der Waals surface area contributed by atoms with Crippen molar-refractivity contribution < 1.29 is 14.3 Å². The zero-order chi connectivity index (χ0) is 32.9. The molecule has 3 aromatic heterocycles. The number of hydrogen-bond acceptors (Lipinski definition) is 8. The molecule has 0 unspecified atom stereocenters. The molecule has 11 nitrogen and oxygen atoms in total. The number of benzene rings is 1. The molecule has 3 fully saturated rings. The van der Waals surface area contributed by atoms with E-state index in [4.69, 9.17) is 4.98 Å². The van der Waals surface area contributed by atoms with Gasteiger partial charge in [-0.2, -0.15) is 5.10 Å². The quantitative estimate of drug-likeness (QED) is 0.314. The van der Waals surface area contributed by atoms with E-state index in [-0.39, 0.29) is 17.3 Å². The molecule has 2 saturated heterocycles. The number of nitrogens with zero attached hydrogens (tertiary/aromatic N) is 8. The summed E-state index contributed by atoms with van der Waals surface area (Å²) in [6.07, 6.45) is 8.28. The zero-order valence-corrected chi connectivity index (χ0v) is 27.9. The third-order valence-electron chi connectivity index (χ3n) is 10.5. The number of halogens is 1. The Morgan fingerprint density at radius 2 is 1.70 bits per heavy atom. The highest BCUT2D eigenvalue weighted by molar-refractivity contribution is 6.05. The minimum absolute atomic E-state index is 0.0377. The van der Waals surface area contributed by atoms with Gasteiger partial charge in [0.15, 0.2) is 5.82 Å². The molecule has 7 rings (SSSR count). The van der Waals surface area contributed by atoms with Crippen molar-refractivity contribution in [3.63, 3.8) is 0 Å². The first-order chi connectivity index (χ1) is 22.5. The largest absolute Gasteiger partial charge is 0.390 e. The number of aryl methyl sites for hydroxylation is 2. The van der Waals surface area contributed by atoms with Crippen molar-refractivity contribution in [1.29, 1.82) is 0 Å². The van der Waals surface area contributed by atoms with E-state index in [0.717, 1.165) is 81.7 Å². The third kappa shape index (κ3) is 6.50. The first-order valence-electron chi connectivity index (χ1n) is 16.9. The van der Waals surface area contributed by atoms with Crippen molar-refractivity contribution in [2.75, 3.05) is 56.5 Å². The molecule has 12 heteroatoms. The van der Waals surface area contributed by atoms with Gasteiger partial charge in [0.1, 0.15) is 5.69 Å². The van der Waals surface area contributed by atoms with E-state index < -0.39 is 17.3 Å². The van der Waals surface area contributed by atoms with Crippen LogP contribution in [0.15, 0.2) is 36.7 Å². The smallest absolute Gasteiger partial charge is 0.261 e. The molecule has 0 spiro atoms. The highest BCUT2D eigenvalue weighted by atomic mass is 19.1. The Hall–Kier alpha value is -3.87. The molecule has 0 atom stereocenters. The maximum absolute atomic E-state index is 15.8. The molecule has 1 amide bonds. The van der Waals surface area contributed by atoms with Gasteiger partial charge in [0.2, 0.25) is 5.95 Å². The van der Waals surface area contributed by atoms with Crippen LogP contribution < -0.4 is 10.2 Å². The first-order valence-corrected chi connectivity index (χ1v) is 16.9. The summed E-state index contributed by atoms with van der Waals surface area (Å²) in [7, 11) is 3.95. The number of rotatable bonds is 6. The summed E-state index contributed by atoms with van der Waals surface area (Å²) in [5.74, 6) is -0.886. The molecule has 0 radical (unpaired) electrons. The lowest BCUT2D eigenvalue weighted by atomic mass is 9.83. The highest BCUT2D eigenvalue weighted by Crippen LogP contribution is 2.39. The average Bonchev–Trinajstić information content (AvgIpc) is 3.65. The summed E-state index contributed by atoms with van der Waals surface area (Å²) in [5, 5.41) is 17.8. The van der Waals surface area contributed by atoms with E-state index in [9.17, 15) is 9.90 Å². The zero-order valence-electron chi connectivity index (χ0n) is 27.9. The van der Waals surface area contributed by atoms with Crippen LogP contribution in [0.3, 0.4) is 0 Å². The fourth-order valence-electron chi connectivity index (χ4n) is 7.63. The molecular formula is C35H46FN9O2. The van der Waals surface area contributed by atoms with Gasteiger partial charge in [0.05, 0.1) is 28.4 Å². The molecule has 2 aliphatic heterocycles. The van der Waals surface area contributed by atoms with E-state index in [1.54, 1.807) is 24.9 Å². The van der Waals surface area contributed by atoms with Crippen LogP contribution >= 0.6 is 0 Å². The number of nitrogens with one attached hydrogen (secondary N) is 1. The standard InChI is InChI=1S/C35H46FN9O2/c1-23-19-28(31(36)32(38-23)24-21-37-42(4)22-24)33(46)40-34-39-29-20-27(5-6-30(29)45(34)26-7-11-35(2,47)12-8-26)43-13-9-25(10-14-43)44-17-15-41(3)16-18-44/h5-6,19-22,25-26,47H,7-18H2,1-4H3,(H,39,40,46). The number of carbonyl (C=O) groups is 1. The second kappa shape index (κ2) is 12.6. The number of fused-ring (bicyclic) bond motifs is 1. The lowest BCUT2D eigenvalue weighted by Crippen LogP contribution is -2.52. The Morgan fingerprint density at radius 3 is 2.38 bits per heavy atom. The number of likely N-dealkylation sites (N-methyl/N-ethyl adjacent to an activating group) is 1. The van der Waals surface area contributed by atoms with Gasteiger partial charge in [-0.05, 0) is 83.7 Å². The fraction of sp³-hybridized carbons (Fsp3) is 0.543. The van der Waals surface area contributed by atoms with Gasteiger partial charge in [0, 0.05) is 81.5 Å². The summed E-state index contributed by atoms with van der Waals surface area (Å²) in [6.45, 7) is 10.2. The number of aliphatic hydroxyl groups is 1. The maximum Gasteiger partial charge on any atom is 0.261 e. The Kier molecular flexibility index (Phi) is 8.52. The number of amides is 1. The normalized spacial score (nSPS) is 23.4. The number of carbonyl (C=O) groups excluding carboxylic acids is 1. The van der Waals surface area contributed by atoms with Crippen LogP contribution in [-0.4, -0.2) is 103 Å². The Morgan fingerprint density at radius 1 is 0.979 bits per heavy atom. The fourth-order valence-corrected chi connectivity index (χ4v) is 7.63. The summed E-state index contributed by atoms with van der Waals surface area (Å²) in [5.41, 5.74) is 3.16. The number of piperazine rings is 1. The van der Waals surface area contributed by atoms with Gasteiger partial charge in [-0.3, -0.25) is 19.7 Å². The van der Waals surface area contributed by atoms with Gasteiger partial charge < -0.3 is 19.5 Å². The minimum atomic E-state index is -0.708. The molecule has 47 heavy (non-hydrogen) atoms. The monoisotopic (exact) mass is 643 g/mol. The number of aromatic nitrogens is 5. The van der Waals surface area contributed by atoms with E-state index in [1.807, 2.05) is 6.92 Å². The SMILES string of the molecule is Cc1cc(C(=O)Nc2nc3cc(N4CCC(N5CCN(C)CC5)CC4)ccc3n2C2CCC(C)(O)CC2)c(F)c(-c2cnn(C)c2)n1. The van der Waals surface area contributed by atoms with Gasteiger partial charge in [0.25, 0.3) is 5.91 Å². The van der Waals surface area contributed by atoms with Crippen LogP contribution in [0, 0.1) is 12.7 Å². The lowest BCUT2D eigenvalue weighted by molar-refractivity contribution is 0.0106. The van der Waals surface area contributed by atoms with Crippen LogP contribution in [0.2, 0.25) is 0 Å². The molecule has 2 N–H and O–H groups in total. The number of pyridine rings is 1. The van der Waals surface area contributed by atoms with Crippen molar-refractivity contribution in [2.45, 2.75) is 70.1 Å². The van der Waals surface area contributed by atoms with Crippen molar-refractivity contribution in [3.05, 3.63) is 53.7 Å². The Balaban J connectivity index is 1.17. The Labute approximate surface area is 275 Å². The number of anilines is 2. The van der Waals surface area contributed by atoms with E-state index in [1.165, 1.54) is 12.3 Å². The van der Waals surface area contributed by atoms with Crippen molar-refractivity contribution >= 4 is 28.6 Å².